The van der Waals surface area contributed by atoms with Crippen molar-refractivity contribution in [3.8, 4) is 0 Å². The first-order valence-corrected chi connectivity index (χ1v) is 6.66. The van der Waals surface area contributed by atoms with E-state index >= 15 is 0 Å². The summed E-state index contributed by atoms with van der Waals surface area (Å²) in [6, 6.07) is 0. The third kappa shape index (κ3) is 3.78. The van der Waals surface area contributed by atoms with E-state index in [1.807, 2.05) is 5.38 Å². The van der Waals surface area contributed by atoms with Crippen molar-refractivity contribution in [1.29, 1.82) is 0 Å². The summed E-state index contributed by atoms with van der Waals surface area (Å²) in [6.45, 7) is 0.608. The molecule has 0 bridgehead atoms. The van der Waals surface area contributed by atoms with Gasteiger partial charge in [0, 0.05) is 25.3 Å². The molecule has 2 N–H and O–H groups in total. The Morgan fingerprint density at radius 3 is 2.94 bits per heavy atom. The largest absolute Gasteiger partial charge is 0.384 e. The van der Waals surface area contributed by atoms with E-state index in [0.717, 1.165) is 25.0 Å². The van der Waals surface area contributed by atoms with Crippen molar-refractivity contribution < 1.29 is 9.26 Å². The molecule has 2 aromatic heterocycles. The van der Waals surface area contributed by atoms with Crippen molar-refractivity contribution in [3.05, 3.63) is 22.8 Å². The van der Waals surface area contributed by atoms with Gasteiger partial charge in [0.15, 0.2) is 11.0 Å². The quantitative estimate of drug-likeness (QED) is 0.818. The number of hydrogen-bond acceptors (Lipinski definition) is 7. The summed E-state index contributed by atoms with van der Waals surface area (Å²) in [4.78, 5) is 8.48. The Morgan fingerprint density at radius 1 is 1.33 bits per heavy atom. The Hall–Kier alpha value is -1.47. The lowest BCUT2D eigenvalue weighted by atomic mass is 10.2. The predicted octanol–water partition coefficient (Wildman–Crippen LogP) is 1.47. The highest BCUT2D eigenvalue weighted by atomic mass is 32.1. The summed E-state index contributed by atoms with van der Waals surface area (Å²) < 4.78 is 10.1. The molecule has 7 heteroatoms. The molecule has 0 atom stereocenters. The van der Waals surface area contributed by atoms with E-state index in [2.05, 4.69) is 15.1 Å². The van der Waals surface area contributed by atoms with Crippen LogP contribution in [-0.4, -0.2) is 28.8 Å². The molecule has 2 aromatic rings. The van der Waals surface area contributed by atoms with Crippen LogP contribution in [0.2, 0.25) is 0 Å². The molecule has 0 saturated carbocycles. The van der Waals surface area contributed by atoms with Gasteiger partial charge in [0.2, 0.25) is 5.89 Å². The van der Waals surface area contributed by atoms with Gasteiger partial charge in [0.05, 0.1) is 12.3 Å². The van der Waals surface area contributed by atoms with Crippen molar-refractivity contribution in [2.45, 2.75) is 25.7 Å². The molecule has 0 unspecified atom stereocenters. The summed E-state index contributed by atoms with van der Waals surface area (Å²) in [5.41, 5.74) is 6.59. The maximum absolute atomic E-state index is 5.57. The lowest BCUT2D eigenvalue weighted by Gasteiger charge is -1.93. The SMILES string of the molecule is COCCc1noc(CCCc2csc(N)n2)n1. The second-order valence-corrected chi connectivity index (χ2v) is 4.77. The number of nitrogens with zero attached hydrogens (tertiary/aromatic N) is 3. The molecule has 2 heterocycles. The number of methoxy groups -OCH3 is 1. The summed E-state index contributed by atoms with van der Waals surface area (Å²) in [5.74, 6) is 1.37. The highest BCUT2D eigenvalue weighted by Crippen LogP contribution is 2.13. The van der Waals surface area contributed by atoms with E-state index in [9.17, 15) is 0 Å². The standard InChI is InChI=1S/C11H16N4O2S/c1-16-6-5-9-14-10(17-15-9)4-2-3-8-7-18-11(12)13-8/h7H,2-6H2,1H3,(H2,12,13). The number of nitrogen functional groups attached to an aromatic ring is 1. The van der Waals surface area contributed by atoms with Crippen LogP contribution in [0.3, 0.4) is 0 Å². The van der Waals surface area contributed by atoms with Gasteiger partial charge in [-0.15, -0.1) is 11.3 Å². The lowest BCUT2D eigenvalue weighted by Crippen LogP contribution is -1.97. The second-order valence-electron chi connectivity index (χ2n) is 3.88. The fourth-order valence-corrected chi connectivity index (χ4v) is 2.14. The first-order valence-electron chi connectivity index (χ1n) is 5.78. The van der Waals surface area contributed by atoms with Gasteiger partial charge in [-0.25, -0.2) is 4.98 Å². The molecular formula is C11H16N4O2S. The number of anilines is 1. The van der Waals surface area contributed by atoms with Crippen molar-refractivity contribution in [1.82, 2.24) is 15.1 Å². The number of hydrogen-bond donors (Lipinski definition) is 1. The van der Waals surface area contributed by atoms with E-state index in [0.29, 0.717) is 29.9 Å². The van der Waals surface area contributed by atoms with Crippen molar-refractivity contribution >= 4 is 16.5 Å². The zero-order valence-electron chi connectivity index (χ0n) is 10.3. The molecule has 98 valence electrons. The highest BCUT2D eigenvalue weighted by Gasteiger charge is 2.06. The maximum atomic E-state index is 5.57. The maximum Gasteiger partial charge on any atom is 0.226 e. The van der Waals surface area contributed by atoms with Crippen LogP contribution in [0, 0.1) is 0 Å². The van der Waals surface area contributed by atoms with Gasteiger partial charge < -0.3 is 15.0 Å². The van der Waals surface area contributed by atoms with E-state index in [-0.39, 0.29) is 0 Å². The highest BCUT2D eigenvalue weighted by molar-refractivity contribution is 7.13. The van der Waals surface area contributed by atoms with Gasteiger partial charge in [0.1, 0.15) is 0 Å². The molecular weight excluding hydrogens is 252 g/mol. The number of aryl methyl sites for hydroxylation is 2. The van der Waals surface area contributed by atoms with Gasteiger partial charge in [0.25, 0.3) is 0 Å². The minimum Gasteiger partial charge on any atom is -0.384 e. The number of rotatable bonds is 7. The second kappa shape index (κ2) is 6.46. The van der Waals surface area contributed by atoms with E-state index in [1.54, 1.807) is 7.11 Å². The first-order chi connectivity index (χ1) is 8.78. The molecule has 0 fully saturated rings. The van der Waals surface area contributed by atoms with Gasteiger partial charge in [-0.1, -0.05) is 5.16 Å². The van der Waals surface area contributed by atoms with Crippen LogP contribution in [0.1, 0.15) is 23.8 Å². The van der Waals surface area contributed by atoms with Crippen LogP contribution in [0.25, 0.3) is 0 Å². The average molecular weight is 268 g/mol. The zero-order chi connectivity index (χ0) is 12.8. The van der Waals surface area contributed by atoms with Crippen LogP contribution in [-0.2, 0) is 24.0 Å². The molecule has 18 heavy (non-hydrogen) atoms. The minimum atomic E-state index is 0.608. The monoisotopic (exact) mass is 268 g/mol. The predicted molar refractivity (Wildman–Crippen MR) is 68.4 cm³/mol. The molecule has 0 radical (unpaired) electrons. The number of thiazole rings is 1. The molecule has 0 spiro atoms. The average Bonchev–Trinajstić information content (AvgIpc) is 2.96. The number of ether oxygens (including phenoxy) is 1. The van der Waals surface area contributed by atoms with Crippen LogP contribution < -0.4 is 5.73 Å². The van der Waals surface area contributed by atoms with Crippen LogP contribution >= 0.6 is 11.3 Å². The molecule has 0 amide bonds. The Morgan fingerprint density at radius 2 is 2.22 bits per heavy atom. The third-order valence-electron chi connectivity index (χ3n) is 2.43. The smallest absolute Gasteiger partial charge is 0.226 e. The summed E-state index contributed by atoms with van der Waals surface area (Å²) in [7, 11) is 1.65. The van der Waals surface area contributed by atoms with Crippen LogP contribution in [0.5, 0.6) is 0 Å². The number of aromatic nitrogens is 3. The molecule has 2 rings (SSSR count). The van der Waals surface area contributed by atoms with Gasteiger partial charge in [-0.05, 0) is 12.8 Å². The zero-order valence-corrected chi connectivity index (χ0v) is 11.1. The molecule has 0 aromatic carbocycles. The first kappa shape index (κ1) is 13.0. The Bertz CT molecular complexity index is 483. The summed E-state index contributed by atoms with van der Waals surface area (Å²) in [6.07, 6.45) is 3.25. The van der Waals surface area contributed by atoms with Crippen LogP contribution in [0.15, 0.2) is 9.90 Å². The number of nitrogens with two attached hydrogens (primary N) is 1. The van der Waals surface area contributed by atoms with E-state index in [1.165, 1.54) is 11.3 Å². The summed E-state index contributed by atoms with van der Waals surface area (Å²) >= 11 is 1.47. The van der Waals surface area contributed by atoms with Crippen molar-refractivity contribution in [3.63, 3.8) is 0 Å². The van der Waals surface area contributed by atoms with E-state index in [4.69, 9.17) is 15.0 Å². The Labute approximate surface area is 109 Å². The van der Waals surface area contributed by atoms with Gasteiger partial charge >= 0.3 is 0 Å². The normalized spacial score (nSPS) is 10.9. The topological polar surface area (TPSA) is 87.1 Å². The molecule has 0 aliphatic heterocycles. The van der Waals surface area contributed by atoms with E-state index < -0.39 is 0 Å². The molecule has 6 nitrogen and oxygen atoms in total. The molecule has 0 aliphatic rings. The fraction of sp³-hybridized carbons (Fsp3) is 0.545. The molecule has 0 aliphatic carbocycles. The minimum absolute atomic E-state index is 0.608. The van der Waals surface area contributed by atoms with Crippen LogP contribution in [0.4, 0.5) is 5.13 Å². The Kier molecular flexibility index (Phi) is 4.66. The molecule has 0 saturated heterocycles. The van der Waals surface area contributed by atoms with Gasteiger partial charge in [-0.3, -0.25) is 0 Å². The van der Waals surface area contributed by atoms with Crippen molar-refractivity contribution in [2.75, 3.05) is 19.5 Å². The lowest BCUT2D eigenvalue weighted by molar-refractivity contribution is 0.199. The summed E-state index contributed by atoms with van der Waals surface area (Å²) in [5, 5.41) is 6.48. The third-order valence-corrected chi connectivity index (χ3v) is 3.16. The van der Waals surface area contributed by atoms with Gasteiger partial charge in [-0.2, -0.15) is 4.98 Å². The van der Waals surface area contributed by atoms with Crippen molar-refractivity contribution in [2.24, 2.45) is 0 Å². The fourth-order valence-electron chi connectivity index (χ4n) is 1.54. The Balaban J connectivity index is 1.74.